The lowest BCUT2D eigenvalue weighted by Gasteiger charge is -2.18. The number of ether oxygens (including phenoxy) is 2. The SMILES string of the molecule is C(=N/Nc1ccccc1)/c1cn(-c2ccccc2)nc1-c1ccc2c(c1)OCCO2. The van der Waals surface area contributed by atoms with E-state index in [0.29, 0.717) is 13.2 Å². The summed E-state index contributed by atoms with van der Waals surface area (Å²) in [4.78, 5) is 0. The quantitative estimate of drug-likeness (QED) is 0.390. The first-order valence-corrected chi connectivity index (χ1v) is 9.76. The number of rotatable bonds is 5. The molecular formula is C24H20N4O2. The van der Waals surface area contributed by atoms with Crippen LogP contribution in [0.5, 0.6) is 11.5 Å². The molecule has 4 aromatic rings. The van der Waals surface area contributed by atoms with Gasteiger partial charge in [-0.1, -0.05) is 36.4 Å². The lowest BCUT2D eigenvalue weighted by molar-refractivity contribution is 0.171. The van der Waals surface area contributed by atoms with Crippen LogP contribution in [-0.4, -0.2) is 29.2 Å². The van der Waals surface area contributed by atoms with E-state index in [1.807, 2.05) is 89.7 Å². The molecule has 6 heteroatoms. The standard InChI is InChI=1S/C24H20N4O2/c1-3-7-20(8-4-1)26-25-16-19-17-28(21-9-5-2-6-10-21)27-24(19)18-11-12-22-23(15-18)30-14-13-29-22/h1-12,15-17,26H,13-14H2/b25-16-. The third kappa shape index (κ3) is 3.75. The molecule has 0 spiro atoms. The minimum atomic E-state index is 0.546. The zero-order valence-electron chi connectivity index (χ0n) is 16.2. The summed E-state index contributed by atoms with van der Waals surface area (Å²) in [6.45, 7) is 1.11. The summed E-state index contributed by atoms with van der Waals surface area (Å²) in [7, 11) is 0. The average molecular weight is 396 g/mol. The first kappa shape index (κ1) is 18.0. The maximum absolute atomic E-state index is 5.75. The molecule has 0 bridgehead atoms. The maximum atomic E-state index is 5.75. The fourth-order valence-electron chi connectivity index (χ4n) is 3.30. The van der Waals surface area contributed by atoms with Gasteiger partial charge in [-0.05, 0) is 42.5 Å². The van der Waals surface area contributed by atoms with Crippen molar-refractivity contribution in [1.29, 1.82) is 0 Å². The van der Waals surface area contributed by atoms with Crippen LogP contribution >= 0.6 is 0 Å². The predicted molar refractivity (Wildman–Crippen MR) is 118 cm³/mol. The third-order valence-corrected chi connectivity index (χ3v) is 4.75. The molecule has 6 nitrogen and oxygen atoms in total. The molecule has 3 aromatic carbocycles. The van der Waals surface area contributed by atoms with Crippen molar-refractivity contribution < 1.29 is 9.47 Å². The van der Waals surface area contributed by atoms with Gasteiger partial charge >= 0.3 is 0 Å². The fraction of sp³-hybridized carbons (Fsp3) is 0.0833. The second-order valence-electron chi connectivity index (χ2n) is 6.81. The Morgan fingerprint density at radius 3 is 2.40 bits per heavy atom. The number of hydrogen-bond acceptors (Lipinski definition) is 5. The lowest BCUT2D eigenvalue weighted by Crippen LogP contribution is -2.15. The van der Waals surface area contributed by atoms with Crippen molar-refractivity contribution in [2.24, 2.45) is 5.10 Å². The number of nitrogens with zero attached hydrogens (tertiary/aromatic N) is 3. The summed E-state index contributed by atoms with van der Waals surface area (Å²) >= 11 is 0. The second kappa shape index (κ2) is 8.13. The van der Waals surface area contributed by atoms with E-state index in [-0.39, 0.29) is 0 Å². The topological polar surface area (TPSA) is 60.7 Å². The monoisotopic (exact) mass is 396 g/mol. The van der Waals surface area contributed by atoms with Crippen molar-refractivity contribution in [2.75, 3.05) is 18.6 Å². The Hall–Kier alpha value is -4.06. The van der Waals surface area contributed by atoms with Crippen LogP contribution in [0.25, 0.3) is 16.9 Å². The molecule has 2 heterocycles. The van der Waals surface area contributed by atoms with Gasteiger partial charge in [0.2, 0.25) is 0 Å². The average Bonchev–Trinajstić information content (AvgIpc) is 3.24. The number of nitrogens with one attached hydrogen (secondary N) is 1. The summed E-state index contributed by atoms with van der Waals surface area (Å²) in [5.41, 5.74) is 7.60. The van der Waals surface area contributed by atoms with Crippen LogP contribution in [0.1, 0.15) is 5.56 Å². The van der Waals surface area contributed by atoms with Gasteiger partial charge in [-0.15, -0.1) is 0 Å². The van der Waals surface area contributed by atoms with Crippen LogP contribution in [0.2, 0.25) is 0 Å². The highest BCUT2D eigenvalue weighted by Gasteiger charge is 2.16. The smallest absolute Gasteiger partial charge is 0.162 e. The normalized spacial score (nSPS) is 12.8. The van der Waals surface area contributed by atoms with E-state index in [4.69, 9.17) is 14.6 Å². The number of benzene rings is 3. The number of aromatic nitrogens is 2. The van der Waals surface area contributed by atoms with E-state index in [9.17, 15) is 0 Å². The molecule has 0 radical (unpaired) electrons. The van der Waals surface area contributed by atoms with Gasteiger partial charge in [-0.25, -0.2) is 4.68 Å². The van der Waals surface area contributed by atoms with Gasteiger partial charge in [-0.3, -0.25) is 5.43 Å². The highest BCUT2D eigenvalue weighted by Crippen LogP contribution is 2.35. The summed E-state index contributed by atoms with van der Waals surface area (Å²) in [6, 6.07) is 25.7. The Kier molecular flexibility index (Phi) is 4.88. The fourth-order valence-corrected chi connectivity index (χ4v) is 3.30. The van der Waals surface area contributed by atoms with E-state index < -0.39 is 0 Å². The molecule has 1 aliphatic heterocycles. The maximum Gasteiger partial charge on any atom is 0.162 e. The van der Waals surface area contributed by atoms with Gasteiger partial charge < -0.3 is 9.47 Å². The summed E-state index contributed by atoms with van der Waals surface area (Å²) in [5.74, 6) is 1.49. The van der Waals surface area contributed by atoms with E-state index in [1.54, 1.807) is 6.21 Å². The number of hydrazone groups is 1. The molecule has 0 atom stereocenters. The number of fused-ring (bicyclic) bond motifs is 1. The zero-order chi connectivity index (χ0) is 20.2. The molecule has 1 N–H and O–H groups in total. The second-order valence-corrected chi connectivity index (χ2v) is 6.81. The summed E-state index contributed by atoms with van der Waals surface area (Å²) in [6.07, 6.45) is 3.75. The first-order valence-electron chi connectivity index (χ1n) is 9.76. The van der Waals surface area contributed by atoms with Gasteiger partial charge in [0.05, 0.1) is 17.6 Å². The van der Waals surface area contributed by atoms with Gasteiger partial charge in [-0.2, -0.15) is 10.2 Å². The molecule has 1 aromatic heterocycles. The highest BCUT2D eigenvalue weighted by molar-refractivity contribution is 5.89. The van der Waals surface area contributed by atoms with Crippen LogP contribution in [0.3, 0.4) is 0 Å². The third-order valence-electron chi connectivity index (χ3n) is 4.75. The van der Waals surface area contributed by atoms with Crippen molar-refractivity contribution >= 4 is 11.9 Å². The minimum absolute atomic E-state index is 0.546. The van der Waals surface area contributed by atoms with E-state index in [0.717, 1.165) is 39.7 Å². The minimum Gasteiger partial charge on any atom is -0.486 e. The van der Waals surface area contributed by atoms with Gasteiger partial charge in [0.15, 0.2) is 11.5 Å². The molecule has 1 aliphatic rings. The molecule has 30 heavy (non-hydrogen) atoms. The number of para-hydroxylation sites is 2. The van der Waals surface area contributed by atoms with Gasteiger partial charge in [0, 0.05) is 17.3 Å². The summed E-state index contributed by atoms with van der Waals surface area (Å²) < 4.78 is 13.3. The molecule has 0 unspecified atom stereocenters. The Morgan fingerprint density at radius 2 is 1.60 bits per heavy atom. The van der Waals surface area contributed by atoms with E-state index in [1.165, 1.54) is 0 Å². The van der Waals surface area contributed by atoms with E-state index >= 15 is 0 Å². The molecule has 5 rings (SSSR count). The van der Waals surface area contributed by atoms with Crippen molar-refractivity contribution in [3.63, 3.8) is 0 Å². The molecule has 0 fully saturated rings. The molecule has 0 saturated heterocycles. The van der Waals surface area contributed by atoms with Gasteiger partial charge in [0.1, 0.15) is 18.9 Å². The van der Waals surface area contributed by atoms with Crippen LogP contribution in [-0.2, 0) is 0 Å². The Balaban J connectivity index is 1.52. The molecule has 0 saturated carbocycles. The number of anilines is 1. The molecule has 0 amide bonds. The first-order chi connectivity index (χ1) is 14.9. The van der Waals surface area contributed by atoms with Crippen molar-refractivity contribution in [3.05, 3.63) is 90.6 Å². The van der Waals surface area contributed by atoms with Crippen molar-refractivity contribution in [2.45, 2.75) is 0 Å². The van der Waals surface area contributed by atoms with Crippen LogP contribution < -0.4 is 14.9 Å². The Morgan fingerprint density at radius 1 is 0.867 bits per heavy atom. The van der Waals surface area contributed by atoms with Crippen LogP contribution in [0, 0.1) is 0 Å². The summed E-state index contributed by atoms with van der Waals surface area (Å²) in [5, 5.41) is 9.23. The highest BCUT2D eigenvalue weighted by atomic mass is 16.6. The largest absolute Gasteiger partial charge is 0.486 e. The zero-order valence-corrected chi connectivity index (χ0v) is 16.2. The Labute approximate surface area is 174 Å². The van der Waals surface area contributed by atoms with Crippen LogP contribution in [0.4, 0.5) is 5.69 Å². The molecule has 148 valence electrons. The molecule has 0 aliphatic carbocycles. The predicted octanol–water partition coefficient (Wildman–Crippen LogP) is 4.76. The van der Waals surface area contributed by atoms with Crippen molar-refractivity contribution in [3.8, 4) is 28.4 Å². The number of hydrogen-bond donors (Lipinski definition) is 1. The molecular weight excluding hydrogens is 376 g/mol. The lowest BCUT2D eigenvalue weighted by atomic mass is 10.1. The van der Waals surface area contributed by atoms with Gasteiger partial charge in [0.25, 0.3) is 0 Å². The van der Waals surface area contributed by atoms with Crippen molar-refractivity contribution in [1.82, 2.24) is 9.78 Å². The van der Waals surface area contributed by atoms with E-state index in [2.05, 4.69) is 10.5 Å². The van der Waals surface area contributed by atoms with Crippen LogP contribution in [0.15, 0.2) is 90.2 Å². The Bertz CT molecular complexity index is 1170.